The number of quaternary nitrogens is 1. The van der Waals surface area contributed by atoms with E-state index in [4.69, 9.17) is 4.74 Å². The average molecular weight is 279 g/mol. The fourth-order valence-corrected chi connectivity index (χ4v) is 2.98. The van der Waals surface area contributed by atoms with Gasteiger partial charge in [-0.25, -0.2) is 4.79 Å². The van der Waals surface area contributed by atoms with Gasteiger partial charge in [0.1, 0.15) is 6.54 Å². The van der Waals surface area contributed by atoms with E-state index in [9.17, 15) is 9.59 Å². The van der Waals surface area contributed by atoms with Gasteiger partial charge in [-0.1, -0.05) is 0 Å². The molecule has 1 aliphatic heterocycles. The lowest BCUT2D eigenvalue weighted by atomic mass is 10.1. The fraction of sp³-hybridized carbons (Fsp3) is 0.600. The van der Waals surface area contributed by atoms with Crippen molar-refractivity contribution in [3.63, 3.8) is 0 Å². The number of Topliss-reactive ketones (excluding diaryl/α,β-unsaturated/α-hetero) is 1. The maximum Gasteiger partial charge on any atom is 0.339 e. The second kappa shape index (κ2) is 6.22. The third-order valence-corrected chi connectivity index (χ3v) is 4.08. The molecule has 0 radical (unpaired) electrons. The summed E-state index contributed by atoms with van der Waals surface area (Å²) in [6, 6.07) is 0. The number of aryl methyl sites for hydroxylation is 1. The van der Waals surface area contributed by atoms with Gasteiger partial charge < -0.3 is 14.6 Å². The van der Waals surface area contributed by atoms with E-state index in [0.29, 0.717) is 29.1 Å². The lowest BCUT2D eigenvalue weighted by molar-refractivity contribution is -0.896. The topological polar surface area (TPSA) is 63.6 Å². The minimum Gasteiger partial charge on any atom is -0.465 e. The van der Waals surface area contributed by atoms with Gasteiger partial charge in [0.25, 0.3) is 0 Å². The molecule has 2 rings (SSSR count). The summed E-state index contributed by atoms with van der Waals surface area (Å²) in [6.07, 6.45) is 3.66. The Morgan fingerprint density at radius 2 is 1.85 bits per heavy atom. The molecule has 0 bridgehead atoms. The van der Waals surface area contributed by atoms with Crippen LogP contribution in [0.5, 0.6) is 0 Å². The van der Waals surface area contributed by atoms with Crippen LogP contribution in [0, 0.1) is 13.8 Å². The van der Waals surface area contributed by atoms with Crippen LogP contribution >= 0.6 is 0 Å². The van der Waals surface area contributed by atoms with E-state index in [-0.39, 0.29) is 11.8 Å². The molecule has 2 N–H and O–H groups in total. The molecule has 20 heavy (non-hydrogen) atoms. The van der Waals surface area contributed by atoms with Gasteiger partial charge in [0.05, 0.1) is 31.5 Å². The Morgan fingerprint density at radius 3 is 2.45 bits per heavy atom. The van der Waals surface area contributed by atoms with Gasteiger partial charge in [0.2, 0.25) is 5.78 Å². The highest BCUT2D eigenvalue weighted by Gasteiger charge is 2.25. The second-order valence-electron chi connectivity index (χ2n) is 5.53. The molecule has 0 atom stereocenters. The van der Waals surface area contributed by atoms with Crippen LogP contribution < -0.4 is 4.90 Å². The summed E-state index contributed by atoms with van der Waals surface area (Å²) in [5.41, 5.74) is 2.45. The van der Waals surface area contributed by atoms with Crippen molar-refractivity contribution >= 4 is 11.8 Å². The van der Waals surface area contributed by atoms with E-state index in [0.717, 1.165) is 13.1 Å². The number of carbonyl (C=O) groups is 2. The van der Waals surface area contributed by atoms with Crippen LogP contribution in [0.1, 0.15) is 51.4 Å². The van der Waals surface area contributed by atoms with Gasteiger partial charge in [-0.05, 0) is 38.7 Å². The summed E-state index contributed by atoms with van der Waals surface area (Å²) in [7, 11) is 1.35. The first kappa shape index (κ1) is 14.8. The number of hydrogen-bond donors (Lipinski definition) is 2. The van der Waals surface area contributed by atoms with E-state index in [1.807, 2.05) is 0 Å². The Labute approximate surface area is 119 Å². The van der Waals surface area contributed by atoms with E-state index in [2.05, 4.69) is 4.98 Å². The van der Waals surface area contributed by atoms with Crippen LogP contribution in [0.25, 0.3) is 0 Å². The number of aromatic nitrogens is 1. The quantitative estimate of drug-likeness (QED) is 0.629. The number of methoxy groups -OCH3 is 1. The summed E-state index contributed by atoms with van der Waals surface area (Å²) >= 11 is 0. The first-order valence-electron chi connectivity index (χ1n) is 7.18. The summed E-state index contributed by atoms with van der Waals surface area (Å²) < 4.78 is 4.77. The number of esters is 1. The zero-order valence-electron chi connectivity index (χ0n) is 12.5. The number of ketones is 1. The zero-order valence-corrected chi connectivity index (χ0v) is 12.5. The first-order valence-corrected chi connectivity index (χ1v) is 7.18. The molecule has 1 saturated heterocycles. The number of carbonyl (C=O) groups excluding carboxylic acids is 2. The van der Waals surface area contributed by atoms with Gasteiger partial charge in [-0.2, -0.15) is 0 Å². The Bertz CT molecular complexity index is 513. The zero-order chi connectivity index (χ0) is 14.7. The molecule has 5 heteroatoms. The second-order valence-corrected chi connectivity index (χ2v) is 5.53. The van der Waals surface area contributed by atoms with Crippen LogP contribution in [0.15, 0.2) is 0 Å². The Hall–Kier alpha value is -1.62. The first-order chi connectivity index (χ1) is 9.54. The SMILES string of the molecule is COC(=O)c1c(C)[nH]c(C(=O)C[NH+]2CCCCC2)c1C. The lowest BCUT2D eigenvalue weighted by Gasteiger charge is -2.22. The number of H-pyrrole nitrogens is 1. The number of likely N-dealkylation sites (tertiary alicyclic amines) is 1. The number of hydrogen-bond acceptors (Lipinski definition) is 3. The standard InChI is InChI=1S/C15H22N2O3/c1-10-13(15(19)20-3)11(2)16-14(10)12(18)9-17-7-5-4-6-8-17/h16H,4-9H2,1-3H3/p+1. The predicted molar refractivity (Wildman–Crippen MR) is 75.4 cm³/mol. The monoisotopic (exact) mass is 279 g/mol. The third kappa shape index (κ3) is 2.93. The number of aromatic amines is 1. The average Bonchev–Trinajstić information content (AvgIpc) is 2.74. The molecule has 2 heterocycles. The van der Waals surface area contributed by atoms with E-state index < -0.39 is 0 Å². The highest BCUT2D eigenvalue weighted by Crippen LogP contribution is 2.19. The molecule has 0 aromatic carbocycles. The van der Waals surface area contributed by atoms with E-state index >= 15 is 0 Å². The van der Waals surface area contributed by atoms with Gasteiger partial charge >= 0.3 is 5.97 Å². The number of rotatable bonds is 4. The van der Waals surface area contributed by atoms with Crippen LogP contribution in [-0.4, -0.2) is 43.5 Å². The van der Waals surface area contributed by atoms with Crippen LogP contribution in [0.4, 0.5) is 0 Å². The third-order valence-electron chi connectivity index (χ3n) is 4.08. The van der Waals surface area contributed by atoms with Gasteiger partial charge in [-0.3, -0.25) is 4.79 Å². The largest absolute Gasteiger partial charge is 0.465 e. The maximum atomic E-state index is 12.4. The summed E-state index contributed by atoms with van der Waals surface area (Å²) in [5, 5.41) is 0. The number of nitrogens with one attached hydrogen (secondary N) is 2. The molecule has 1 aromatic heterocycles. The molecule has 1 fully saturated rings. The fourth-order valence-electron chi connectivity index (χ4n) is 2.98. The molecule has 0 unspecified atom stereocenters. The molecule has 1 aromatic rings. The van der Waals surface area contributed by atoms with Crippen molar-refractivity contribution in [2.75, 3.05) is 26.7 Å². The highest BCUT2D eigenvalue weighted by molar-refractivity contribution is 6.01. The predicted octanol–water partition coefficient (Wildman–Crippen LogP) is 0.670. The molecule has 5 nitrogen and oxygen atoms in total. The minimum absolute atomic E-state index is 0.0812. The smallest absolute Gasteiger partial charge is 0.339 e. The van der Waals surface area contributed by atoms with E-state index in [1.54, 1.807) is 13.8 Å². The van der Waals surface area contributed by atoms with Crippen molar-refractivity contribution in [2.24, 2.45) is 0 Å². The van der Waals surface area contributed by atoms with Gasteiger partial charge in [-0.15, -0.1) is 0 Å². The van der Waals surface area contributed by atoms with E-state index in [1.165, 1.54) is 31.3 Å². The maximum absolute atomic E-state index is 12.4. The molecule has 1 aliphatic rings. The molecule has 0 aliphatic carbocycles. The molecular weight excluding hydrogens is 256 g/mol. The summed E-state index contributed by atoms with van der Waals surface area (Å²) in [6.45, 7) is 6.22. The van der Waals surface area contributed by atoms with Crippen molar-refractivity contribution in [1.29, 1.82) is 0 Å². The Kier molecular flexibility index (Phi) is 4.60. The van der Waals surface area contributed by atoms with Crippen LogP contribution in [0.3, 0.4) is 0 Å². The lowest BCUT2D eigenvalue weighted by Crippen LogP contribution is -3.13. The summed E-state index contributed by atoms with van der Waals surface area (Å²) in [5.74, 6) is -0.307. The van der Waals surface area contributed by atoms with Crippen molar-refractivity contribution in [2.45, 2.75) is 33.1 Å². The van der Waals surface area contributed by atoms with Crippen molar-refractivity contribution in [3.8, 4) is 0 Å². The van der Waals surface area contributed by atoms with Crippen molar-refractivity contribution in [1.82, 2.24) is 4.98 Å². The molecule has 0 saturated carbocycles. The van der Waals surface area contributed by atoms with Crippen molar-refractivity contribution in [3.05, 3.63) is 22.5 Å². The molecular formula is C15H23N2O3+. The molecule has 0 amide bonds. The van der Waals surface area contributed by atoms with Crippen molar-refractivity contribution < 1.29 is 19.2 Å². The van der Waals surface area contributed by atoms with Crippen LogP contribution in [0.2, 0.25) is 0 Å². The summed E-state index contributed by atoms with van der Waals surface area (Å²) in [4.78, 5) is 28.5. The number of ether oxygens (including phenoxy) is 1. The molecule has 0 spiro atoms. The normalized spacial score (nSPS) is 16.1. The van der Waals surface area contributed by atoms with Gasteiger partial charge in [0.15, 0.2) is 0 Å². The van der Waals surface area contributed by atoms with Crippen LogP contribution in [-0.2, 0) is 4.74 Å². The molecule has 110 valence electrons. The van der Waals surface area contributed by atoms with Gasteiger partial charge in [0, 0.05) is 5.69 Å². The highest BCUT2D eigenvalue weighted by atomic mass is 16.5. The Balaban J connectivity index is 2.15. The number of piperidine rings is 1. The minimum atomic E-state index is -0.388. The Morgan fingerprint density at radius 1 is 1.20 bits per heavy atom.